The maximum atomic E-state index is 13.5. The molecule has 1 fully saturated rings. The van der Waals surface area contributed by atoms with Gasteiger partial charge in [-0.15, -0.1) is 11.3 Å². The smallest absolute Gasteiger partial charge is 0.420 e. The minimum absolute atomic E-state index is 0.000423. The number of nitrogens with two attached hydrogens (primary N) is 1. The minimum Gasteiger partial charge on any atom is -0.444 e. The lowest BCUT2D eigenvalue weighted by atomic mass is 10.1. The summed E-state index contributed by atoms with van der Waals surface area (Å²) in [7, 11) is 0. The summed E-state index contributed by atoms with van der Waals surface area (Å²) < 4.78 is 45.7. The van der Waals surface area contributed by atoms with Crippen LogP contribution in [0, 0.1) is 0 Å². The summed E-state index contributed by atoms with van der Waals surface area (Å²) in [4.78, 5) is 36.7. The Bertz CT molecular complexity index is 997. The Hall–Kier alpha value is -2.96. The molecule has 2 aromatic heterocycles. The highest BCUT2D eigenvalue weighted by atomic mass is 32.1. The van der Waals surface area contributed by atoms with Crippen molar-refractivity contribution in [2.75, 3.05) is 18.4 Å². The Labute approximate surface area is 186 Å². The lowest BCUT2D eigenvalue weighted by Gasteiger charge is -2.33. The van der Waals surface area contributed by atoms with Gasteiger partial charge in [0.1, 0.15) is 27.6 Å². The van der Waals surface area contributed by atoms with Crippen LogP contribution in [-0.2, 0) is 10.9 Å². The third-order valence-electron chi connectivity index (χ3n) is 4.53. The number of nitrogens with zero attached hydrogens (tertiary/aromatic N) is 4. The molecule has 0 unspecified atom stereocenters. The van der Waals surface area contributed by atoms with Crippen LogP contribution < -0.4 is 11.1 Å². The Kier molecular flexibility index (Phi) is 6.58. The maximum absolute atomic E-state index is 13.5. The number of ether oxygens (including phenoxy) is 1. The number of piperidine rings is 1. The van der Waals surface area contributed by atoms with E-state index in [-0.39, 0.29) is 22.7 Å². The summed E-state index contributed by atoms with van der Waals surface area (Å²) in [6, 6.07) is -0.143. The molecule has 13 heteroatoms. The van der Waals surface area contributed by atoms with Gasteiger partial charge in [0.15, 0.2) is 0 Å². The summed E-state index contributed by atoms with van der Waals surface area (Å²) in [5.41, 5.74) is 2.92. The molecule has 1 aliphatic rings. The van der Waals surface area contributed by atoms with E-state index in [2.05, 4.69) is 20.3 Å². The van der Waals surface area contributed by atoms with Crippen molar-refractivity contribution in [1.82, 2.24) is 19.9 Å². The molecule has 2 amide bonds. The van der Waals surface area contributed by atoms with Gasteiger partial charge in [0.05, 0.1) is 0 Å². The highest BCUT2D eigenvalue weighted by Gasteiger charge is 2.37. The van der Waals surface area contributed by atoms with E-state index >= 15 is 0 Å². The van der Waals surface area contributed by atoms with Crippen LogP contribution in [-0.4, -0.2) is 56.6 Å². The first-order valence-electron chi connectivity index (χ1n) is 9.78. The molecule has 32 heavy (non-hydrogen) atoms. The van der Waals surface area contributed by atoms with Crippen LogP contribution in [0.3, 0.4) is 0 Å². The summed E-state index contributed by atoms with van der Waals surface area (Å²) in [5, 5.41) is 4.21. The van der Waals surface area contributed by atoms with Gasteiger partial charge in [-0.2, -0.15) is 13.2 Å². The molecule has 1 saturated heterocycles. The Morgan fingerprint density at radius 3 is 2.41 bits per heavy atom. The number of nitrogens with one attached hydrogen (secondary N) is 1. The number of aromatic nitrogens is 3. The predicted molar refractivity (Wildman–Crippen MR) is 111 cm³/mol. The van der Waals surface area contributed by atoms with Gasteiger partial charge in [-0.1, -0.05) is 0 Å². The molecule has 3 heterocycles. The first-order valence-corrected chi connectivity index (χ1v) is 10.7. The fourth-order valence-corrected chi connectivity index (χ4v) is 3.84. The van der Waals surface area contributed by atoms with E-state index in [1.54, 1.807) is 25.7 Å². The second kappa shape index (κ2) is 8.88. The van der Waals surface area contributed by atoms with Crippen LogP contribution in [0.15, 0.2) is 11.6 Å². The molecule has 0 bridgehead atoms. The molecular weight excluding hydrogens is 449 g/mol. The van der Waals surface area contributed by atoms with Gasteiger partial charge in [-0.25, -0.2) is 19.7 Å². The molecule has 9 nitrogen and oxygen atoms in total. The number of thiazole rings is 1. The van der Waals surface area contributed by atoms with E-state index in [0.29, 0.717) is 32.1 Å². The molecule has 1 aliphatic heterocycles. The molecule has 2 aromatic rings. The largest absolute Gasteiger partial charge is 0.444 e. The fraction of sp³-hybridized carbons (Fsp3) is 0.526. The highest BCUT2D eigenvalue weighted by molar-refractivity contribution is 7.13. The van der Waals surface area contributed by atoms with Crippen LogP contribution in [0.5, 0.6) is 0 Å². The number of alkyl halides is 3. The molecule has 3 N–H and O–H groups in total. The third-order valence-corrected chi connectivity index (χ3v) is 5.38. The van der Waals surface area contributed by atoms with Crippen LogP contribution in [0.25, 0.3) is 10.7 Å². The zero-order chi connectivity index (χ0) is 23.7. The molecule has 174 valence electrons. The molecule has 0 aromatic carbocycles. The zero-order valence-electron chi connectivity index (χ0n) is 17.7. The van der Waals surface area contributed by atoms with E-state index in [1.165, 1.54) is 5.38 Å². The molecule has 0 spiro atoms. The number of hydrogen-bond donors (Lipinski definition) is 2. The van der Waals surface area contributed by atoms with Crippen molar-refractivity contribution < 1.29 is 27.5 Å². The second-order valence-electron chi connectivity index (χ2n) is 8.24. The van der Waals surface area contributed by atoms with E-state index in [1.807, 2.05) is 0 Å². The number of hydrogen-bond acceptors (Lipinski definition) is 8. The monoisotopic (exact) mass is 472 g/mol. The number of amides is 2. The molecule has 0 atom stereocenters. The SMILES string of the molecule is CC(C)(C)OC(=O)N1CCC(Nc2ncc(C(F)(F)F)c(-c3nc(C(N)=O)cs3)n2)CC1. The molecule has 0 radical (unpaired) electrons. The van der Waals surface area contributed by atoms with E-state index in [4.69, 9.17) is 10.5 Å². The fourth-order valence-electron chi connectivity index (χ4n) is 3.03. The minimum atomic E-state index is -4.70. The molecule has 3 rings (SSSR count). The van der Waals surface area contributed by atoms with Crippen molar-refractivity contribution in [1.29, 1.82) is 0 Å². The number of carbonyl (C=O) groups excluding carboxylic acids is 2. The lowest BCUT2D eigenvalue weighted by molar-refractivity contribution is -0.137. The summed E-state index contributed by atoms with van der Waals surface area (Å²) >= 11 is 0.836. The van der Waals surface area contributed by atoms with Gasteiger partial charge < -0.3 is 20.7 Å². The van der Waals surface area contributed by atoms with Gasteiger partial charge in [0.2, 0.25) is 5.95 Å². The molecule has 0 aliphatic carbocycles. The lowest BCUT2D eigenvalue weighted by Crippen LogP contribution is -2.44. The van der Waals surface area contributed by atoms with E-state index in [9.17, 15) is 22.8 Å². The summed E-state index contributed by atoms with van der Waals surface area (Å²) in [6.45, 7) is 6.21. The first kappa shape index (κ1) is 23.7. The number of primary amides is 1. The highest BCUT2D eigenvalue weighted by Crippen LogP contribution is 2.37. The Morgan fingerprint density at radius 1 is 1.22 bits per heavy atom. The first-order chi connectivity index (χ1) is 14.8. The van der Waals surface area contributed by atoms with Crippen LogP contribution >= 0.6 is 11.3 Å². The molecular formula is C19H23F3N6O3S. The summed E-state index contributed by atoms with van der Waals surface area (Å²) in [5.74, 6) is -0.843. The Balaban J connectivity index is 1.74. The average molecular weight is 472 g/mol. The predicted octanol–water partition coefficient (Wildman–Crippen LogP) is 3.53. The normalized spacial score (nSPS) is 15.5. The quantitative estimate of drug-likeness (QED) is 0.698. The van der Waals surface area contributed by atoms with Crippen molar-refractivity contribution in [2.45, 2.75) is 51.4 Å². The van der Waals surface area contributed by atoms with Gasteiger partial charge in [-0.3, -0.25) is 4.79 Å². The van der Waals surface area contributed by atoms with Gasteiger partial charge in [-0.05, 0) is 33.6 Å². The van der Waals surface area contributed by atoms with Crippen LogP contribution in [0.1, 0.15) is 49.7 Å². The van der Waals surface area contributed by atoms with Crippen molar-refractivity contribution in [2.24, 2.45) is 5.73 Å². The third kappa shape index (κ3) is 5.84. The summed E-state index contributed by atoms with van der Waals surface area (Å²) in [6.07, 6.45) is -3.33. The number of anilines is 1. The van der Waals surface area contributed by atoms with Gasteiger partial charge in [0.25, 0.3) is 5.91 Å². The van der Waals surface area contributed by atoms with Gasteiger partial charge in [0, 0.05) is 30.7 Å². The number of carbonyl (C=O) groups is 2. The van der Waals surface area contributed by atoms with Crippen molar-refractivity contribution >= 4 is 29.3 Å². The van der Waals surface area contributed by atoms with Crippen LogP contribution in [0.4, 0.5) is 23.9 Å². The van der Waals surface area contributed by atoms with Crippen molar-refractivity contribution in [3.05, 3.63) is 22.8 Å². The number of likely N-dealkylation sites (tertiary alicyclic amines) is 1. The Morgan fingerprint density at radius 2 is 1.88 bits per heavy atom. The standard InChI is InChI=1S/C19H23F3N6O3S/c1-18(2,3)31-17(30)28-6-4-10(5-7-28)25-16-24-8-11(19(20,21)22)13(27-16)15-26-12(9-32-15)14(23)29/h8-10H,4-7H2,1-3H3,(H2,23,29)(H,24,25,27). The number of rotatable bonds is 4. The number of halogens is 3. The maximum Gasteiger partial charge on any atom is 0.420 e. The van der Waals surface area contributed by atoms with Gasteiger partial charge >= 0.3 is 12.3 Å². The van der Waals surface area contributed by atoms with Crippen molar-refractivity contribution in [3.8, 4) is 10.7 Å². The topological polar surface area (TPSA) is 123 Å². The molecule has 0 saturated carbocycles. The average Bonchev–Trinajstić information content (AvgIpc) is 3.17. The zero-order valence-corrected chi connectivity index (χ0v) is 18.5. The van der Waals surface area contributed by atoms with Crippen molar-refractivity contribution in [3.63, 3.8) is 0 Å². The van der Waals surface area contributed by atoms with E-state index < -0.39 is 35.0 Å². The van der Waals surface area contributed by atoms with Crippen LogP contribution in [0.2, 0.25) is 0 Å². The van der Waals surface area contributed by atoms with E-state index in [0.717, 1.165) is 11.3 Å². The second-order valence-corrected chi connectivity index (χ2v) is 9.10.